The van der Waals surface area contributed by atoms with Gasteiger partial charge in [-0.05, 0) is 24.6 Å². The Morgan fingerprint density at radius 2 is 2.29 bits per heavy atom. The van der Waals surface area contributed by atoms with E-state index in [0.29, 0.717) is 0 Å². The molecule has 1 aromatic carbocycles. The van der Waals surface area contributed by atoms with Crippen molar-refractivity contribution in [1.82, 2.24) is 15.4 Å². The highest BCUT2D eigenvalue weighted by molar-refractivity contribution is 5.98. The summed E-state index contributed by atoms with van der Waals surface area (Å²) in [5, 5.41) is 13.0. The van der Waals surface area contributed by atoms with E-state index >= 15 is 0 Å². The first-order valence-electron chi connectivity index (χ1n) is 4.26. The van der Waals surface area contributed by atoms with E-state index in [2.05, 4.69) is 20.7 Å². The average molecular weight is 190 g/mol. The first-order chi connectivity index (χ1) is 6.66. The molecule has 1 heterocycles. The van der Waals surface area contributed by atoms with Crippen molar-refractivity contribution in [3.05, 3.63) is 17.7 Å². The fourth-order valence-electron chi connectivity index (χ4n) is 1.38. The van der Waals surface area contributed by atoms with Crippen LogP contribution in [0.1, 0.15) is 12.5 Å². The molecule has 0 radical (unpaired) electrons. The third kappa shape index (κ3) is 1.44. The largest absolute Gasteiger partial charge is 0.324 e. The molecule has 0 aliphatic rings. The van der Waals surface area contributed by atoms with E-state index in [1.165, 1.54) is 6.92 Å². The Bertz CT molecular complexity index is 489. The van der Waals surface area contributed by atoms with Gasteiger partial charge in [0, 0.05) is 6.92 Å². The number of carbonyl (C=O) groups excluding carboxylic acids is 1. The zero-order valence-electron chi connectivity index (χ0n) is 7.96. The maximum Gasteiger partial charge on any atom is 0.221 e. The molecule has 0 fully saturated rings. The fraction of sp³-hybridized carbons (Fsp3) is 0.222. The van der Waals surface area contributed by atoms with Crippen molar-refractivity contribution in [3.8, 4) is 0 Å². The molecule has 2 N–H and O–H groups in total. The molecule has 1 aromatic heterocycles. The summed E-state index contributed by atoms with van der Waals surface area (Å²) < 4.78 is 0. The molecule has 0 atom stereocenters. The number of nitrogens with one attached hydrogen (secondary N) is 2. The number of rotatable bonds is 1. The molecule has 5 nitrogen and oxygen atoms in total. The minimum absolute atomic E-state index is 0.105. The van der Waals surface area contributed by atoms with E-state index in [0.717, 1.165) is 22.3 Å². The Labute approximate surface area is 80.5 Å². The van der Waals surface area contributed by atoms with Gasteiger partial charge < -0.3 is 5.32 Å². The van der Waals surface area contributed by atoms with Crippen molar-refractivity contribution in [1.29, 1.82) is 0 Å². The van der Waals surface area contributed by atoms with E-state index in [4.69, 9.17) is 0 Å². The lowest BCUT2D eigenvalue weighted by Gasteiger charge is -2.03. The second-order valence-corrected chi connectivity index (χ2v) is 3.20. The number of aromatic amines is 1. The molecule has 2 aromatic rings. The van der Waals surface area contributed by atoms with Gasteiger partial charge in [-0.3, -0.25) is 9.89 Å². The number of fused-ring (bicyclic) bond motifs is 1. The number of aryl methyl sites for hydroxylation is 1. The van der Waals surface area contributed by atoms with Gasteiger partial charge in [-0.25, -0.2) is 0 Å². The first-order valence-corrected chi connectivity index (χ1v) is 4.26. The molecular formula is C9H10N4O. The maximum absolute atomic E-state index is 10.9. The van der Waals surface area contributed by atoms with Crippen molar-refractivity contribution in [2.45, 2.75) is 13.8 Å². The third-order valence-electron chi connectivity index (χ3n) is 1.89. The van der Waals surface area contributed by atoms with Crippen LogP contribution in [0, 0.1) is 6.92 Å². The zero-order chi connectivity index (χ0) is 10.1. The molecule has 0 spiro atoms. The molecule has 72 valence electrons. The summed E-state index contributed by atoms with van der Waals surface area (Å²) in [4.78, 5) is 10.9. The summed E-state index contributed by atoms with van der Waals surface area (Å²) in [5.41, 5.74) is 3.27. The molecule has 0 saturated heterocycles. The molecular weight excluding hydrogens is 180 g/mol. The van der Waals surface area contributed by atoms with E-state index in [9.17, 15) is 4.79 Å². The van der Waals surface area contributed by atoms with Crippen molar-refractivity contribution in [2.24, 2.45) is 0 Å². The summed E-state index contributed by atoms with van der Waals surface area (Å²) in [6, 6.07) is 3.79. The predicted molar refractivity (Wildman–Crippen MR) is 52.9 cm³/mol. The van der Waals surface area contributed by atoms with Gasteiger partial charge in [0.15, 0.2) is 0 Å². The van der Waals surface area contributed by atoms with Gasteiger partial charge in [0.1, 0.15) is 11.0 Å². The molecule has 1 amide bonds. The number of anilines is 1. The molecule has 0 bridgehead atoms. The quantitative estimate of drug-likeness (QED) is 0.710. The van der Waals surface area contributed by atoms with Crippen LogP contribution in [0.3, 0.4) is 0 Å². The third-order valence-corrected chi connectivity index (χ3v) is 1.89. The number of hydrogen-bond acceptors (Lipinski definition) is 3. The van der Waals surface area contributed by atoms with Gasteiger partial charge in [0.05, 0.1) is 5.69 Å². The van der Waals surface area contributed by atoms with Crippen molar-refractivity contribution >= 4 is 22.6 Å². The lowest BCUT2D eigenvalue weighted by molar-refractivity contribution is -0.114. The Morgan fingerprint density at radius 1 is 1.50 bits per heavy atom. The van der Waals surface area contributed by atoms with E-state index in [1.54, 1.807) is 0 Å². The minimum Gasteiger partial charge on any atom is -0.324 e. The van der Waals surface area contributed by atoms with Crippen LogP contribution in [0.15, 0.2) is 12.1 Å². The second kappa shape index (κ2) is 3.10. The van der Waals surface area contributed by atoms with Gasteiger partial charge in [-0.1, -0.05) is 5.21 Å². The SMILES string of the molecule is CC(=O)Nc1cc(C)cc2nn[nH]c12. The van der Waals surface area contributed by atoms with Crippen LogP contribution in [-0.2, 0) is 4.79 Å². The Hall–Kier alpha value is -1.91. The second-order valence-electron chi connectivity index (χ2n) is 3.20. The predicted octanol–water partition coefficient (Wildman–Crippen LogP) is 1.22. The highest BCUT2D eigenvalue weighted by Gasteiger charge is 2.06. The molecule has 2 rings (SSSR count). The zero-order valence-corrected chi connectivity index (χ0v) is 7.96. The van der Waals surface area contributed by atoms with Crippen LogP contribution >= 0.6 is 0 Å². The lowest BCUT2D eigenvalue weighted by Crippen LogP contribution is -2.06. The van der Waals surface area contributed by atoms with Gasteiger partial charge in [-0.2, -0.15) is 0 Å². The number of benzene rings is 1. The van der Waals surface area contributed by atoms with Crippen LogP contribution in [0.2, 0.25) is 0 Å². The standard InChI is InChI=1S/C9H10N4O/c1-5-3-7(10-6(2)14)9-8(4-5)11-13-12-9/h3-4H,1-2H3,(H,10,14)(H,11,12,13). The smallest absolute Gasteiger partial charge is 0.221 e. The Kier molecular flexibility index (Phi) is 1.92. The van der Waals surface area contributed by atoms with Gasteiger partial charge in [0.2, 0.25) is 5.91 Å². The maximum atomic E-state index is 10.9. The van der Waals surface area contributed by atoms with E-state index in [1.807, 2.05) is 19.1 Å². The average Bonchev–Trinajstić information content (AvgIpc) is 2.50. The molecule has 0 saturated carbocycles. The number of amides is 1. The van der Waals surface area contributed by atoms with Crippen LogP contribution in [-0.4, -0.2) is 21.3 Å². The molecule has 0 aliphatic heterocycles. The summed E-state index contributed by atoms with van der Waals surface area (Å²) in [7, 11) is 0. The van der Waals surface area contributed by atoms with Crippen molar-refractivity contribution in [3.63, 3.8) is 0 Å². The highest BCUT2D eigenvalue weighted by atomic mass is 16.1. The number of hydrogen-bond donors (Lipinski definition) is 2. The van der Waals surface area contributed by atoms with E-state index < -0.39 is 0 Å². The van der Waals surface area contributed by atoms with E-state index in [-0.39, 0.29) is 5.91 Å². The van der Waals surface area contributed by atoms with Crippen LogP contribution in [0.4, 0.5) is 5.69 Å². The first kappa shape index (κ1) is 8.68. The monoisotopic (exact) mass is 190 g/mol. The summed E-state index contributed by atoms with van der Waals surface area (Å²) in [6.07, 6.45) is 0. The van der Waals surface area contributed by atoms with Crippen molar-refractivity contribution < 1.29 is 4.79 Å². The molecule has 14 heavy (non-hydrogen) atoms. The normalized spacial score (nSPS) is 10.4. The number of nitrogens with zero attached hydrogens (tertiary/aromatic N) is 2. The van der Waals surface area contributed by atoms with Gasteiger partial charge in [-0.15, -0.1) is 5.10 Å². The molecule has 0 aliphatic carbocycles. The number of H-pyrrole nitrogens is 1. The lowest BCUT2D eigenvalue weighted by atomic mass is 10.2. The minimum atomic E-state index is -0.105. The fourth-order valence-corrected chi connectivity index (χ4v) is 1.38. The Morgan fingerprint density at radius 3 is 3.00 bits per heavy atom. The topological polar surface area (TPSA) is 70.7 Å². The van der Waals surface area contributed by atoms with Crippen LogP contribution in [0.25, 0.3) is 11.0 Å². The summed E-state index contributed by atoms with van der Waals surface area (Å²) >= 11 is 0. The Balaban J connectivity index is 2.60. The van der Waals surface area contributed by atoms with Crippen LogP contribution < -0.4 is 5.32 Å². The summed E-state index contributed by atoms with van der Waals surface area (Å²) in [6.45, 7) is 3.41. The highest BCUT2D eigenvalue weighted by Crippen LogP contribution is 2.21. The molecule has 5 heteroatoms. The van der Waals surface area contributed by atoms with Gasteiger partial charge in [0.25, 0.3) is 0 Å². The van der Waals surface area contributed by atoms with Crippen molar-refractivity contribution in [2.75, 3.05) is 5.32 Å². The van der Waals surface area contributed by atoms with Gasteiger partial charge >= 0.3 is 0 Å². The van der Waals surface area contributed by atoms with Crippen LogP contribution in [0.5, 0.6) is 0 Å². The summed E-state index contributed by atoms with van der Waals surface area (Å²) in [5.74, 6) is -0.105. The number of aromatic nitrogens is 3. The molecule has 0 unspecified atom stereocenters. The number of carbonyl (C=O) groups is 1.